The largest absolute Gasteiger partial charge is 0.480 e. The standard InChI is InChI=1S/C13H17N3O2/c1-13(2,3)12-15-11-8(14)5-4-6-9(11)16(12)7-10(17)18/h4-6H,7,14H2,1-3H3,(H,17,18). The van der Waals surface area contributed by atoms with Crippen molar-refractivity contribution in [2.24, 2.45) is 0 Å². The van der Waals surface area contributed by atoms with Crippen molar-refractivity contribution in [1.29, 1.82) is 0 Å². The molecule has 96 valence electrons. The van der Waals surface area contributed by atoms with Gasteiger partial charge in [0, 0.05) is 5.41 Å². The number of aromatic nitrogens is 2. The third-order valence-electron chi connectivity index (χ3n) is 2.77. The van der Waals surface area contributed by atoms with Crippen LogP contribution < -0.4 is 5.73 Å². The molecular formula is C13H17N3O2. The Labute approximate surface area is 105 Å². The molecular weight excluding hydrogens is 230 g/mol. The van der Waals surface area contributed by atoms with Gasteiger partial charge in [-0.1, -0.05) is 26.8 Å². The highest BCUT2D eigenvalue weighted by Crippen LogP contribution is 2.28. The number of hydrogen-bond acceptors (Lipinski definition) is 3. The van der Waals surface area contributed by atoms with Gasteiger partial charge in [-0.2, -0.15) is 0 Å². The summed E-state index contributed by atoms with van der Waals surface area (Å²) in [7, 11) is 0. The quantitative estimate of drug-likeness (QED) is 0.795. The van der Waals surface area contributed by atoms with E-state index in [0.717, 1.165) is 11.3 Å². The number of rotatable bonds is 2. The lowest BCUT2D eigenvalue weighted by molar-refractivity contribution is -0.137. The predicted octanol–water partition coefficient (Wildman–Crippen LogP) is 2.00. The number of nitrogen functional groups attached to an aromatic ring is 1. The Hall–Kier alpha value is -2.04. The molecule has 18 heavy (non-hydrogen) atoms. The fourth-order valence-corrected chi connectivity index (χ4v) is 2.04. The highest BCUT2D eigenvalue weighted by atomic mass is 16.4. The molecule has 1 heterocycles. The molecule has 0 saturated carbocycles. The molecule has 0 radical (unpaired) electrons. The first-order valence-electron chi connectivity index (χ1n) is 5.77. The van der Waals surface area contributed by atoms with E-state index in [4.69, 9.17) is 10.8 Å². The highest BCUT2D eigenvalue weighted by Gasteiger charge is 2.24. The van der Waals surface area contributed by atoms with Crippen LogP contribution in [0, 0.1) is 0 Å². The number of imidazole rings is 1. The number of benzene rings is 1. The molecule has 5 heteroatoms. The van der Waals surface area contributed by atoms with Gasteiger partial charge in [0.05, 0.1) is 11.2 Å². The van der Waals surface area contributed by atoms with Crippen molar-refractivity contribution < 1.29 is 9.90 Å². The average Bonchev–Trinajstić information content (AvgIpc) is 2.57. The van der Waals surface area contributed by atoms with Crippen LogP contribution in [0.4, 0.5) is 5.69 Å². The molecule has 0 spiro atoms. The summed E-state index contributed by atoms with van der Waals surface area (Å²) >= 11 is 0. The molecule has 0 unspecified atom stereocenters. The summed E-state index contributed by atoms with van der Waals surface area (Å²) in [5, 5.41) is 9.02. The summed E-state index contributed by atoms with van der Waals surface area (Å²) in [5.74, 6) is -0.153. The molecule has 5 nitrogen and oxygen atoms in total. The number of carboxylic acids is 1. The van der Waals surface area contributed by atoms with Gasteiger partial charge < -0.3 is 15.4 Å². The topological polar surface area (TPSA) is 81.1 Å². The molecule has 1 aromatic heterocycles. The van der Waals surface area contributed by atoms with Crippen molar-refractivity contribution >= 4 is 22.7 Å². The smallest absolute Gasteiger partial charge is 0.323 e. The summed E-state index contributed by atoms with van der Waals surface area (Å²) in [6.07, 6.45) is 0. The number of para-hydroxylation sites is 1. The SMILES string of the molecule is CC(C)(C)c1nc2c(N)cccc2n1CC(=O)O. The summed E-state index contributed by atoms with van der Waals surface area (Å²) in [4.78, 5) is 15.5. The van der Waals surface area contributed by atoms with Crippen molar-refractivity contribution in [2.45, 2.75) is 32.7 Å². The summed E-state index contributed by atoms with van der Waals surface area (Å²) < 4.78 is 1.72. The number of hydrogen-bond donors (Lipinski definition) is 2. The first-order valence-corrected chi connectivity index (χ1v) is 5.77. The molecule has 3 N–H and O–H groups in total. The van der Waals surface area contributed by atoms with E-state index in [1.165, 1.54) is 0 Å². The first kappa shape index (κ1) is 12.4. The van der Waals surface area contributed by atoms with Gasteiger partial charge in [0.15, 0.2) is 0 Å². The molecule has 1 aromatic carbocycles. The molecule has 2 rings (SSSR count). The molecule has 0 saturated heterocycles. The predicted molar refractivity (Wildman–Crippen MR) is 70.5 cm³/mol. The molecule has 2 aromatic rings. The second-order valence-corrected chi connectivity index (χ2v) is 5.38. The van der Waals surface area contributed by atoms with E-state index >= 15 is 0 Å². The second kappa shape index (κ2) is 4.01. The Morgan fingerprint density at radius 3 is 2.67 bits per heavy atom. The van der Waals surface area contributed by atoms with Crippen molar-refractivity contribution in [2.75, 3.05) is 5.73 Å². The Morgan fingerprint density at radius 1 is 1.44 bits per heavy atom. The van der Waals surface area contributed by atoms with Gasteiger partial charge in [0.25, 0.3) is 0 Å². The van der Waals surface area contributed by atoms with E-state index < -0.39 is 5.97 Å². The second-order valence-electron chi connectivity index (χ2n) is 5.38. The van der Waals surface area contributed by atoms with Gasteiger partial charge in [-0.15, -0.1) is 0 Å². The Balaban J connectivity index is 2.76. The van der Waals surface area contributed by atoms with Gasteiger partial charge in [0.2, 0.25) is 0 Å². The zero-order chi connectivity index (χ0) is 13.5. The van der Waals surface area contributed by atoms with E-state index in [9.17, 15) is 4.79 Å². The van der Waals surface area contributed by atoms with E-state index in [1.54, 1.807) is 10.6 Å². The number of nitrogens with zero attached hydrogens (tertiary/aromatic N) is 2. The van der Waals surface area contributed by atoms with Crippen molar-refractivity contribution in [3.05, 3.63) is 24.0 Å². The van der Waals surface area contributed by atoms with Crippen LogP contribution in [0.1, 0.15) is 26.6 Å². The van der Waals surface area contributed by atoms with Crippen LogP contribution in [0.5, 0.6) is 0 Å². The van der Waals surface area contributed by atoms with Crippen LogP contribution in [-0.2, 0) is 16.8 Å². The van der Waals surface area contributed by atoms with Crippen LogP contribution in [-0.4, -0.2) is 20.6 Å². The zero-order valence-electron chi connectivity index (χ0n) is 10.8. The number of fused-ring (bicyclic) bond motifs is 1. The minimum atomic E-state index is -0.887. The van der Waals surface area contributed by atoms with Gasteiger partial charge in [-0.05, 0) is 12.1 Å². The van der Waals surface area contributed by atoms with Crippen molar-refractivity contribution in [3.63, 3.8) is 0 Å². The summed E-state index contributed by atoms with van der Waals surface area (Å²) in [6, 6.07) is 5.42. The Kier molecular flexibility index (Phi) is 2.77. The maximum atomic E-state index is 11.0. The molecule has 0 aliphatic heterocycles. The van der Waals surface area contributed by atoms with E-state index in [1.807, 2.05) is 32.9 Å². The molecule has 0 fully saturated rings. The highest BCUT2D eigenvalue weighted by molar-refractivity contribution is 5.88. The summed E-state index contributed by atoms with van der Waals surface area (Å²) in [5.41, 5.74) is 7.66. The lowest BCUT2D eigenvalue weighted by atomic mass is 9.95. The molecule has 0 amide bonds. The lowest BCUT2D eigenvalue weighted by Gasteiger charge is -2.19. The van der Waals surface area contributed by atoms with Crippen LogP contribution in [0.25, 0.3) is 11.0 Å². The fraction of sp³-hybridized carbons (Fsp3) is 0.385. The van der Waals surface area contributed by atoms with Crippen molar-refractivity contribution in [1.82, 2.24) is 9.55 Å². The molecule has 0 aliphatic carbocycles. The van der Waals surface area contributed by atoms with Crippen LogP contribution in [0.3, 0.4) is 0 Å². The number of carboxylic acid groups (broad SMARTS) is 1. The van der Waals surface area contributed by atoms with Gasteiger partial charge in [0.1, 0.15) is 17.9 Å². The van der Waals surface area contributed by atoms with Crippen LogP contribution in [0.15, 0.2) is 18.2 Å². The number of carbonyl (C=O) groups is 1. The van der Waals surface area contributed by atoms with Crippen molar-refractivity contribution in [3.8, 4) is 0 Å². The third kappa shape index (κ3) is 2.03. The Bertz CT molecular complexity index is 608. The monoisotopic (exact) mass is 247 g/mol. The minimum absolute atomic E-state index is 0.105. The lowest BCUT2D eigenvalue weighted by Crippen LogP contribution is -2.21. The normalized spacial score (nSPS) is 11.9. The fourth-order valence-electron chi connectivity index (χ4n) is 2.04. The molecule has 0 aliphatic rings. The van der Waals surface area contributed by atoms with Crippen LogP contribution >= 0.6 is 0 Å². The van der Waals surface area contributed by atoms with Crippen LogP contribution in [0.2, 0.25) is 0 Å². The van der Waals surface area contributed by atoms with E-state index in [2.05, 4.69) is 4.98 Å². The minimum Gasteiger partial charge on any atom is -0.480 e. The summed E-state index contributed by atoms with van der Waals surface area (Å²) in [6.45, 7) is 5.90. The van der Waals surface area contributed by atoms with Gasteiger partial charge in [-0.3, -0.25) is 4.79 Å². The van der Waals surface area contributed by atoms with Gasteiger partial charge >= 0.3 is 5.97 Å². The third-order valence-corrected chi connectivity index (χ3v) is 2.77. The molecule has 0 atom stereocenters. The Morgan fingerprint density at radius 2 is 2.11 bits per heavy atom. The maximum absolute atomic E-state index is 11.0. The maximum Gasteiger partial charge on any atom is 0.323 e. The first-order chi connectivity index (χ1) is 8.30. The molecule has 0 bridgehead atoms. The van der Waals surface area contributed by atoms with E-state index in [0.29, 0.717) is 11.2 Å². The van der Waals surface area contributed by atoms with Gasteiger partial charge in [-0.25, -0.2) is 4.98 Å². The number of nitrogens with two attached hydrogens (primary N) is 1. The van der Waals surface area contributed by atoms with E-state index in [-0.39, 0.29) is 12.0 Å². The zero-order valence-corrected chi connectivity index (χ0v) is 10.8. The number of aliphatic carboxylic acids is 1. The number of anilines is 1. The average molecular weight is 247 g/mol.